The van der Waals surface area contributed by atoms with Gasteiger partial charge in [0.25, 0.3) is 0 Å². The molecule has 1 aliphatic heterocycles. The van der Waals surface area contributed by atoms with Crippen LogP contribution < -0.4 is 5.32 Å². The highest BCUT2D eigenvalue weighted by Gasteiger charge is 2.32. The number of nitrogens with zero attached hydrogens (tertiary/aromatic N) is 1. The molecule has 0 aromatic rings. The minimum Gasteiger partial charge on any atom is -0.316 e. The highest BCUT2D eigenvalue weighted by atomic mass is 35.5. The first-order valence-electron chi connectivity index (χ1n) is 7.73. The van der Waals surface area contributed by atoms with E-state index < -0.39 is 0 Å². The molecule has 1 heterocycles. The van der Waals surface area contributed by atoms with Crippen LogP contribution in [0.4, 0.5) is 0 Å². The third kappa shape index (κ3) is 3.85. The number of hydrogen-bond donors (Lipinski definition) is 1. The highest BCUT2D eigenvalue weighted by Crippen LogP contribution is 2.38. The van der Waals surface area contributed by atoms with Gasteiger partial charge in [-0.15, -0.1) is 11.6 Å². The zero-order chi connectivity index (χ0) is 12.8. The minimum absolute atomic E-state index is 0.417. The molecule has 18 heavy (non-hydrogen) atoms. The maximum atomic E-state index is 6.17. The van der Waals surface area contributed by atoms with Gasteiger partial charge in [0.1, 0.15) is 0 Å². The van der Waals surface area contributed by atoms with Gasteiger partial charge in [-0.2, -0.15) is 0 Å². The van der Waals surface area contributed by atoms with E-state index in [0.29, 0.717) is 5.41 Å². The number of alkyl halides is 1. The Balaban J connectivity index is 1.63. The summed E-state index contributed by atoms with van der Waals surface area (Å²) in [4.78, 5) is 2.54. The van der Waals surface area contributed by atoms with Crippen LogP contribution in [0.1, 0.15) is 51.4 Å². The molecule has 1 saturated heterocycles. The van der Waals surface area contributed by atoms with E-state index in [0.717, 1.165) is 25.0 Å². The van der Waals surface area contributed by atoms with Crippen LogP contribution in [-0.2, 0) is 0 Å². The van der Waals surface area contributed by atoms with Crippen molar-refractivity contribution in [2.75, 3.05) is 32.6 Å². The van der Waals surface area contributed by atoms with Crippen molar-refractivity contribution in [3.63, 3.8) is 0 Å². The van der Waals surface area contributed by atoms with Gasteiger partial charge in [0, 0.05) is 18.5 Å². The second kappa shape index (κ2) is 7.12. The Kier molecular flexibility index (Phi) is 5.78. The van der Waals surface area contributed by atoms with E-state index in [1.54, 1.807) is 0 Å². The first kappa shape index (κ1) is 14.6. The molecule has 3 heteroatoms. The van der Waals surface area contributed by atoms with Gasteiger partial charge in [-0.05, 0) is 57.7 Å². The van der Waals surface area contributed by atoms with Crippen molar-refractivity contribution >= 4 is 11.6 Å². The van der Waals surface area contributed by atoms with E-state index in [4.69, 9.17) is 11.6 Å². The molecule has 2 aliphatic rings. The van der Waals surface area contributed by atoms with Crippen LogP contribution in [0, 0.1) is 5.41 Å². The number of hydrogen-bond acceptors (Lipinski definition) is 2. The number of nitrogens with one attached hydrogen (secondary N) is 1. The molecule has 0 aromatic heterocycles. The van der Waals surface area contributed by atoms with Crippen LogP contribution in [-0.4, -0.2) is 43.5 Å². The summed E-state index contributed by atoms with van der Waals surface area (Å²) >= 11 is 6.17. The lowest BCUT2D eigenvalue weighted by atomic mass is 9.88. The van der Waals surface area contributed by atoms with Crippen molar-refractivity contribution in [3.05, 3.63) is 0 Å². The standard InChI is InChI=1S/C15H29ClN2/c1-18-11-5-2-6-14(18)7-10-17-13-15(12-16)8-3-4-9-15/h14,17H,2-13H2,1H3. The van der Waals surface area contributed by atoms with E-state index in [1.807, 2.05) is 0 Å². The van der Waals surface area contributed by atoms with E-state index in [-0.39, 0.29) is 0 Å². The number of likely N-dealkylation sites (tertiary alicyclic amines) is 1. The van der Waals surface area contributed by atoms with Gasteiger partial charge in [0.2, 0.25) is 0 Å². The molecule has 106 valence electrons. The molecule has 2 rings (SSSR count). The van der Waals surface area contributed by atoms with E-state index in [1.165, 1.54) is 57.9 Å². The largest absolute Gasteiger partial charge is 0.316 e. The van der Waals surface area contributed by atoms with Crippen LogP contribution in [0.3, 0.4) is 0 Å². The quantitative estimate of drug-likeness (QED) is 0.590. The third-order valence-corrected chi connectivity index (χ3v) is 5.59. The van der Waals surface area contributed by atoms with Crippen LogP contribution in [0.25, 0.3) is 0 Å². The van der Waals surface area contributed by atoms with Gasteiger partial charge >= 0.3 is 0 Å². The Bertz CT molecular complexity index is 239. The SMILES string of the molecule is CN1CCCCC1CCNCC1(CCl)CCCC1. The van der Waals surface area contributed by atoms with Gasteiger partial charge in [-0.1, -0.05) is 19.3 Å². The molecule has 0 bridgehead atoms. The Morgan fingerprint density at radius 2 is 2.00 bits per heavy atom. The average molecular weight is 273 g/mol. The van der Waals surface area contributed by atoms with E-state index in [9.17, 15) is 0 Å². The molecule has 2 nitrogen and oxygen atoms in total. The zero-order valence-electron chi connectivity index (χ0n) is 11.9. The fourth-order valence-corrected chi connectivity index (χ4v) is 3.98. The Morgan fingerprint density at radius 1 is 1.22 bits per heavy atom. The van der Waals surface area contributed by atoms with Crippen molar-refractivity contribution in [1.29, 1.82) is 0 Å². The summed E-state index contributed by atoms with van der Waals surface area (Å²) in [5.74, 6) is 0.837. The fraction of sp³-hybridized carbons (Fsp3) is 1.00. The second-order valence-electron chi connectivity index (χ2n) is 6.44. The molecule has 0 amide bonds. The van der Waals surface area contributed by atoms with E-state index >= 15 is 0 Å². The van der Waals surface area contributed by atoms with E-state index in [2.05, 4.69) is 17.3 Å². The van der Waals surface area contributed by atoms with Crippen molar-refractivity contribution in [1.82, 2.24) is 10.2 Å². The van der Waals surface area contributed by atoms with Crippen molar-refractivity contribution in [3.8, 4) is 0 Å². The monoisotopic (exact) mass is 272 g/mol. The zero-order valence-corrected chi connectivity index (χ0v) is 12.6. The summed E-state index contributed by atoms with van der Waals surface area (Å²) in [6.45, 7) is 3.58. The number of piperidine rings is 1. The minimum atomic E-state index is 0.417. The summed E-state index contributed by atoms with van der Waals surface area (Å²) < 4.78 is 0. The number of rotatable bonds is 6. The normalized spacial score (nSPS) is 28.7. The lowest BCUT2D eigenvalue weighted by molar-refractivity contribution is 0.173. The summed E-state index contributed by atoms with van der Waals surface area (Å²) in [6.07, 6.45) is 10.9. The third-order valence-electron chi connectivity index (χ3n) is 5.02. The molecule has 1 N–H and O–H groups in total. The molecule has 1 saturated carbocycles. The smallest absolute Gasteiger partial charge is 0.0292 e. The predicted molar refractivity (Wildman–Crippen MR) is 79.4 cm³/mol. The highest BCUT2D eigenvalue weighted by molar-refractivity contribution is 6.18. The Hall–Kier alpha value is 0.210. The molecule has 1 atom stereocenters. The molecule has 1 unspecified atom stereocenters. The Morgan fingerprint density at radius 3 is 2.67 bits per heavy atom. The predicted octanol–water partition coefficient (Wildman–Crippen LogP) is 3.25. The molecule has 1 aliphatic carbocycles. The summed E-state index contributed by atoms with van der Waals surface area (Å²) in [5, 5.41) is 3.68. The average Bonchev–Trinajstić information content (AvgIpc) is 2.86. The van der Waals surface area contributed by atoms with Gasteiger partial charge in [-0.25, -0.2) is 0 Å². The van der Waals surface area contributed by atoms with Crippen LogP contribution in [0.2, 0.25) is 0 Å². The first-order chi connectivity index (χ1) is 8.76. The first-order valence-corrected chi connectivity index (χ1v) is 8.26. The van der Waals surface area contributed by atoms with Crippen LogP contribution in [0.5, 0.6) is 0 Å². The molecular weight excluding hydrogens is 244 g/mol. The van der Waals surface area contributed by atoms with Crippen molar-refractivity contribution in [2.45, 2.75) is 57.4 Å². The summed E-state index contributed by atoms with van der Waals surface area (Å²) in [6, 6.07) is 0.807. The van der Waals surface area contributed by atoms with Gasteiger partial charge in [0.05, 0.1) is 0 Å². The fourth-order valence-electron chi connectivity index (χ4n) is 3.61. The number of halogens is 1. The molecule has 0 spiro atoms. The maximum Gasteiger partial charge on any atom is 0.0292 e. The van der Waals surface area contributed by atoms with Gasteiger partial charge in [0.15, 0.2) is 0 Å². The van der Waals surface area contributed by atoms with Crippen LogP contribution in [0.15, 0.2) is 0 Å². The van der Waals surface area contributed by atoms with Gasteiger partial charge in [-0.3, -0.25) is 0 Å². The molecule has 0 radical (unpaired) electrons. The van der Waals surface area contributed by atoms with Crippen LogP contribution >= 0.6 is 11.6 Å². The topological polar surface area (TPSA) is 15.3 Å². The van der Waals surface area contributed by atoms with Crippen molar-refractivity contribution < 1.29 is 0 Å². The van der Waals surface area contributed by atoms with Crippen molar-refractivity contribution in [2.24, 2.45) is 5.41 Å². The molecular formula is C15H29ClN2. The molecule has 0 aromatic carbocycles. The summed E-state index contributed by atoms with van der Waals surface area (Å²) in [5.41, 5.74) is 0.417. The Labute approximate surface area is 117 Å². The lowest BCUT2D eigenvalue weighted by Crippen LogP contribution is -2.40. The van der Waals surface area contributed by atoms with Gasteiger partial charge < -0.3 is 10.2 Å². The maximum absolute atomic E-state index is 6.17. The molecule has 2 fully saturated rings. The summed E-state index contributed by atoms with van der Waals surface area (Å²) in [7, 11) is 2.28. The lowest BCUT2D eigenvalue weighted by Gasteiger charge is -2.33. The second-order valence-corrected chi connectivity index (χ2v) is 6.70.